The molecule has 0 saturated carbocycles. The van der Waals surface area contributed by atoms with Crippen molar-refractivity contribution in [3.63, 3.8) is 0 Å². The third kappa shape index (κ3) is 6.85. The van der Waals surface area contributed by atoms with E-state index in [2.05, 4.69) is 15.4 Å². The number of hydrogen-bond donors (Lipinski definition) is 3. The lowest BCUT2D eigenvalue weighted by Gasteiger charge is -2.27. The Morgan fingerprint density at radius 1 is 1.09 bits per heavy atom. The molecule has 182 valence electrons. The molecule has 0 radical (unpaired) electrons. The molecule has 2 aromatic rings. The molecule has 1 saturated heterocycles. The summed E-state index contributed by atoms with van der Waals surface area (Å²) < 4.78 is 15.0. The normalized spacial score (nSPS) is 17.8. The van der Waals surface area contributed by atoms with E-state index in [4.69, 9.17) is 9.47 Å². The van der Waals surface area contributed by atoms with Gasteiger partial charge in [0, 0.05) is 30.4 Å². The molecule has 10 heteroatoms. The summed E-state index contributed by atoms with van der Waals surface area (Å²) in [6.45, 7) is 0.373. The Hall–Kier alpha value is -3.79. The Bertz CT molecular complexity index is 996. The van der Waals surface area contributed by atoms with E-state index in [9.17, 15) is 19.5 Å². The van der Waals surface area contributed by atoms with Gasteiger partial charge in [0.15, 0.2) is 6.61 Å². The van der Waals surface area contributed by atoms with Gasteiger partial charge in [0.2, 0.25) is 0 Å². The zero-order valence-corrected chi connectivity index (χ0v) is 19.2. The van der Waals surface area contributed by atoms with Crippen molar-refractivity contribution in [3.05, 3.63) is 54.1 Å². The number of aliphatic hydroxyl groups excluding tert-OH is 1. The van der Waals surface area contributed by atoms with Gasteiger partial charge in [0.05, 0.1) is 26.4 Å². The fraction of sp³-hybridized carbons (Fsp3) is 0.375. The van der Waals surface area contributed by atoms with Gasteiger partial charge in [0.1, 0.15) is 11.5 Å². The van der Waals surface area contributed by atoms with Crippen LogP contribution in [-0.4, -0.2) is 74.0 Å². The summed E-state index contributed by atoms with van der Waals surface area (Å²) in [5, 5.41) is 16.2. The van der Waals surface area contributed by atoms with Gasteiger partial charge in [0.25, 0.3) is 5.91 Å². The van der Waals surface area contributed by atoms with E-state index in [1.54, 1.807) is 60.5 Å². The fourth-order valence-corrected chi connectivity index (χ4v) is 3.53. The number of nitrogens with zero attached hydrogens (tertiary/aromatic N) is 1. The highest BCUT2D eigenvalue weighted by molar-refractivity contribution is 5.94. The van der Waals surface area contributed by atoms with Gasteiger partial charge in [-0.15, -0.1) is 0 Å². The van der Waals surface area contributed by atoms with Crippen LogP contribution in [0.15, 0.2) is 48.5 Å². The smallest absolute Gasteiger partial charge is 0.343 e. The first-order valence-electron chi connectivity index (χ1n) is 10.9. The van der Waals surface area contributed by atoms with E-state index in [0.29, 0.717) is 42.1 Å². The first kappa shape index (κ1) is 24.8. The largest absolute Gasteiger partial charge is 0.497 e. The second-order valence-electron chi connectivity index (χ2n) is 7.79. The van der Waals surface area contributed by atoms with Crippen LogP contribution in [0.2, 0.25) is 0 Å². The lowest BCUT2D eigenvalue weighted by Crippen LogP contribution is -2.50. The Morgan fingerprint density at radius 3 is 2.56 bits per heavy atom. The van der Waals surface area contributed by atoms with E-state index >= 15 is 0 Å². The van der Waals surface area contributed by atoms with Gasteiger partial charge in [-0.3, -0.25) is 4.79 Å². The van der Waals surface area contributed by atoms with Crippen LogP contribution in [0.4, 0.5) is 10.5 Å². The van der Waals surface area contributed by atoms with E-state index in [1.807, 2.05) is 0 Å². The number of ether oxygens (including phenoxy) is 3. The Labute approximate surface area is 197 Å². The average molecular weight is 472 g/mol. The zero-order chi connectivity index (χ0) is 24.5. The van der Waals surface area contributed by atoms with Crippen molar-refractivity contribution in [2.75, 3.05) is 39.2 Å². The number of amides is 3. The number of rotatable bonds is 7. The Morgan fingerprint density at radius 2 is 1.85 bits per heavy atom. The monoisotopic (exact) mass is 471 g/mol. The minimum Gasteiger partial charge on any atom is -0.497 e. The number of anilines is 1. The maximum atomic E-state index is 12.8. The third-order valence-corrected chi connectivity index (χ3v) is 5.44. The van der Waals surface area contributed by atoms with Crippen LogP contribution >= 0.6 is 0 Å². The number of benzene rings is 2. The lowest BCUT2D eigenvalue weighted by molar-refractivity contribution is -0.142. The number of carbonyl (C=O) groups is 3. The SMILES string of the molecule is COC(=O)COc1ccc(C(=O)N[C@@H]2CN(C(=O)Nc3cccc(OC)c3)CCC[C@H]2O)cc1. The third-order valence-electron chi connectivity index (χ3n) is 5.44. The summed E-state index contributed by atoms with van der Waals surface area (Å²) in [5.41, 5.74) is 0.943. The fourth-order valence-electron chi connectivity index (χ4n) is 3.53. The molecule has 2 aromatic carbocycles. The van der Waals surface area contributed by atoms with Crippen LogP contribution in [0, 0.1) is 0 Å². The van der Waals surface area contributed by atoms with Crippen LogP contribution in [0.25, 0.3) is 0 Å². The summed E-state index contributed by atoms with van der Waals surface area (Å²) in [5.74, 6) is 0.135. The van der Waals surface area contributed by atoms with Gasteiger partial charge in [-0.25, -0.2) is 9.59 Å². The molecule has 0 aliphatic carbocycles. The van der Waals surface area contributed by atoms with Crippen molar-refractivity contribution in [2.45, 2.75) is 25.0 Å². The second-order valence-corrected chi connectivity index (χ2v) is 7.79. The van der Waals surface area contributed by atoms with Crippen molar-refractivity contribution < 1.29 is 33.7 Å². The number of nitrogens with one attached hydrogen (secondary N) is 2. The number of hydrogen-bond acceptors (Lipinski definition) is 7. The number of carbonyl (C=O) groups excluding carboxylic acids is 3. The van der Waals surface area contributed by atoms with Gasteiger partial charge >= 0.3 is 12.0 Å². The van der Waals surface area contributed by atoms with Crippen LogP contribution in [-0.2, 0) is 9.53 Å². The molecule has 10 nitrogen and oxygen atoms in total. The van der Waals surface area contributed by atoms with Crippen molar-refractivity contribution in [1.29, 1.82) is 0 Å². The summed E-state index contributed by atoms with van der Waals surface area (Å²) >= 11 is 0. The first-order chi connectivity index (χ1) is 16.4. The molecule has 1 fully saturated rings. The number of likely N-dealkylation sites (tertiary alicyclic amines) is 1. The molecule has 2 atom stereocenters. The predicted molar refractivity (Wildman–Crippen MR) is 124 cm³/mol. The number of urea groups is 1. The van der Waals surface area contributed by atoms with Crippen LogP contribution in [0.1, 0.15) is 23.2 Å². The minimum atomic E-state index is -0.791. The van der Waals surface area contributed by atoms with Gasteiger partial charge in [-0.2, -0.15) is 0 Å². The highest BCUT2D eigenvalue weighted by atomic mass is 16.6. The summed E-state index contributed by atoms with van der Waals surface area (Å²) in [6, 6.07) is 12.3. The van der Waals surface area contributed by atoms with Crippen molar-refractivity contribution in [3.8, 4) is 11.5 Å². The van der Waals surface area contributed by atoms with Gasteiger partial charge in [-0.1, -0.05) is 6.07 Å². The van der Waals surface area contributed by atoms with E-state index in [-0.39, 0.29) is 19.2 Å². The summed E-state index contributed by atoms with van der Waals surface area (Å²) in [6.07, 6.45) is 0.265. The molecule has 3 amide bonds. The second kappa shape index (κ2) is 11.9. The standard InChI is InChI=1S/C24H29N3O7/c1-32-19-6-3-5-17(13-19)25-24(31)27-12-4-7-21(28)20(14-27)26-23(30)16-8-10-18(11-9-16)34-15-22(29)33-2/h3,5-6,8-11,13,20-21,28H,4,7,12,14-15H2,1-2H3,(H,25,31)(H,26,30)/t20-,21-/m1/s1. The van der Waals surface area contributed by atoms with Gasteiger partial charge < -0.3 is 34.9 Å². The van der Waals surface area contributed by atoms with E-state index in [1.165, 1.54) is 7.11 Å². The molecule has 1 heterocycles. The van der Waals surface area contributed by atoms with Crippen molar-refractivity contribution in [2.24, 2.45) is 0 Å². The quantitative estimate of drug-likeness (QED) is 0.528. The predicted octanol–water partition coefficient (Wildman–Crippen LogP) is 2.03. The Balaban J connectivity index is 1.60. The highest BCUT2D eigenvalue weighted by Gasteiger charge is 2.29. The van der Waals surface area contributed by atoms with E-state index < -0.39 is 24.0 Å². The number of methoxy groups -OCH3 is 2. The number of esters is 1. The molecule has 3 rings (SSSR count). The molecular weight excluding hydrogens is 442 g/mol. The van der Waals surface area contributed by atoms with Crippen LogP contribution in [0.3, 0.4) is 0 Å². The molecule has 34 heavy (non-hydrogen) atoms. The molecule has 0 bridgehead atoms. The Kier molecular flexibility index (Phi) is 8.69. The van der Waals surface area contributed by atoms with Crippen LogP contribution in [0.5, 0.6) is 11.5 Å². The summed E-state index contributed by atoms with van der Waals surface area (Å²) in [4.78, 5) is 38.3. The lowest BCUT2D eigenvalue weighted by atomic mass is 10.1. The maximum Gasteiger partial charge on any atom is 0.343 e. The molecule has 0 unspecified atom stereocenters. The van der Waals surface area contributed by atoms with Gasteiger partial charge in [-0.05, 0) is 49.2 Å². The molecule has 1 aliphatic rings. The highest BCUT2D eigenvalue weighted by Crippen LogP contribution is 2.19. The maximum absolute atomic E-state index is 12.8. The molecule has 0 aromatic heterocycles. The average Bonchev–Trinajstić information content (AvgIpc) is 3.04. The molecule has 3 N–H and O–H groups in total. The minimum absolute atomic E-state index is 0.156. The van der Waals surface area contributed by atoms with Crippen molar-refractivity contribution in [1.82, 2.24) is 10.2 Å². The zero-order valence-electron chi connectivity index (χ0n) is 19.2. The summed E-state index contributed by atoms with van der Waals surface area (Å²) in [7, 11) is 2.82. The molecular formula is C24H29N3O7. The van der Waals surface area contributed by atoms with Crippen molar-refractivity contribution >= 4 is 23.6 Å². The molecule has 1 aliphatic heterocycles. The molecule has 0 spiro atoms. The van der Waals surface area contributed by atoms with E-state index in [0.717, 1.165) is 0 Å². The van der Waals surface area contributed by atoms with Crippen LogP contribution < -0.4 is 20.1 Å². The number of aliphatic hydroxyl groups is 1. The topological polar surface area (TPSA) is 126 Å². The first-order valence-corrected chi connectivity index (χ1v) is 10.9.